The van der Waals surface area contributed by atoms with E-state index in [4.69, 9.17) is 4.42 Å². The molecule has 0 bridgehead atoms. The molecule has 0 saturated carbocycles. The van der Waals surface area contributed by atoms with Crippen molar-refractivity contribution < 1.29 is 9.21 Å². The Bertz CT molecular complexity index is 717. The molecular weight excluding hydrogens is 312 g/mol. The van der Waals surface area contributed by atoms with E-state index in [0.29, 0.717) is 11.8 Å². The number of halogens is 1. The van der Waals surface area contributed by atoms with Crippen LogP contribution in [0.5, 0.6) is 0 Å². The molecular formula is C18H25ClN2O2. The quantitative estimate of drug-likeness (QED) is 0.911. The fraction of sp³-hybridized carbons (Fsp3) is 0.500. The molecule has 1 fully saturated rings. The highest BCUT2D eigenvalue weighted by Crippen LogP contribution is 2.31. The lowest BCUT2D eigenvalue weighted by atomic mass is 10.0. The minimum Gasteiger partial charge on any atom is -0.450 e. The first-order valence-electron chi connectivity index (χ1n) is 7.98. The molecule has 2 aromatic rings. The third kappa shape index (κ3) is 3.10. The maximum Gasteiger partial charge on any atom is 0.289 e. The average molecular weight is 337 g/mol. The van der Waals surface area contributed by atoms with E-state index in [1.807, 2.05) is 31.9 Å². The van der Waals surface area contributed by atoms with Crippen LogP contribution in [0.2, 0.25) is 0 Å². The van der Waals surface area contributed by atoms with Gasteiger partial charge >= 0.3 is 0 Å². The summed E-state index contributed by atoms with van der Waals surface area (Å²) in [5.74, 6) is 0.493. The molecule has 0 unspecified atom stereocenters. The van der Waals surface area contributed by atoms with Gasteiger partial charge in [0.1, 0.15) is 5.58 Å². The van der Waals surface area contributed by atoms with E-state index >= 15 is 0 Å². The van der Waals surface area contributed by atoms with Crippen molar-refractivity contribution >= 4 is 29.3 Å². The van der Waals surface area contributed by atoms with Crippen molar-refractivity contribution in [3.8, 4) is 0 Å². The number of aryl methyl sites for hydroxylation is 3. The second-order valence-electron chi connectivity index (χ2n) is 6.36. The zero-order valence-electron chi connectivity index (χ0n) is 14.2. The monoisotopic (exact) mass is 336 g/mol. The van der Waals surface area contributed by atoms with Crippen LogP contribution in [0.1, 0.15) is 40.1 Å². The smallest absolute Gasteiger partial charge is 0.289 e. The Morgan fingerprint density at radius 1 is 1.17 bits per heavy atom. The maximum atomic E-state index is 12.9. The number of furan rings is 1. The number of hydrogen-bond acceptors (Lipinski definition) is 3. The summed E-state index contributed by atoms with van der Waals surface area (Å²) in [7, 11) is 1.89. The fourth-order valence-corrected chi connectivity index (χ4v) is 3.40. The highest BCUT2D eigenvalue weighted by Gasteiger charge is 2.27. The van der Waals surface area contributed by atoms with Crippen molar-refractivity contribution in [2.24, 2.45) is 0 Å². The third-order valence-corrected chi connectivity index (χ3v) is 4.85. The first-order chi connectivity index (χ1) is 10.5. The summed E-state index contributed by atoms with van der Waals surface area (Å²) in [6.45, 7) is 8.02. The second kappa shape index (κ2) is 6.93. The van der Waals surface area contributed by atoms with Crippen molar-refractivity contribution in [1.82, 2.24) is 10.2 Å². The molecule has 4 nitrogen and oxygen atoms in total. The van der Waals surface area contributed by atoms with Crippen LogP contribution in [0.15, 0.2) is 16.5 Å². The summed E-state index contributed by atoms with van der Waals surface area (Å²) in [4.78, 5) is 14.7. The zero-order chi connectivity index (χ0) is 15.9. The molecule has 1 aromatic heterocycles. The molecule has 23 heavy (non-hydrogen) atoms. The van der Waals surface area contributed by atoms with Gasteiger partial charge in [-0.2, -0.15) is 0 Å². The molecule has 1 saturated heterocycles. The lowest BCUT2D eigenvalue weighted by Crippen LogP contribution is -2.44. The van der Waals surface area contributed by atoms with E-state index in [2.05, 4.69) is 18.3 Å². The van der Waals surface area contributed by atoms with E-state index in [1.54, 1.807) is 0 Å². The Hall–Kier alpha value is -1.52. The van der Waals surface area contributed by atoms with Gasteiger partial charge in [-0.15, -0.1) is 12.4 Å². The largest absolute Gasteiger partial charge is 0.450 e. The second-order valence-corrected chi connectivity index (χ2v) is 6.36. The number of benzene rings is 1. The van der Waals surface area contributed by atoms with Crippen molar-refractivity contribution in [2.75, 3.05) is 20.1 Å². The zero-order valence-corrected chi connectivity index (χ0v) is 15.0. The average Bonchev–Trinajstić information content (AvgIpc) is 2.89. The summed E-state index contributed by atoms with van der Waals surface area (Å²) in [5.41, 5.74) is 4.04. The minimum atomic E-state index is -0.000556. The molecule has 1 N–H and O–H groups in total. The third-order valence-electron chi connectivity index (χ3n) is 4.85. The molecule has 1 amide bonds. The summed E-state index contributed by atoms with van der Waals surface area (Å²) in [5, 5.41) is 4.42. The van der Waals surface area contributed by atoms with Gasteiger partial charge in [0.25, 0.3) is 5.91 Å². The lowest BCUT2D eigenvalue weighted by molar-refractivity contribution is 0.0672. The molecule has 1 aliphatic heterocycles. The van der Waals surface area contributed by atoms with Crippen LogP contribution in [0.4, 0.5) is 0 Å². The van der Waals surface area contributed by atoms with Crippen LogP contribution in [-0.4, -0.2) is 37.0 Å². The number of carbonyl (C=O) groups is 1. The van der Waals surface area contributed by atoms with E-state index in [1.165, 1.54) is 0 Å². The van der Waals surface area contributed by atoms with Crippen molar-refractivity contribution in [3.63, 3.8) is 0 Å². The first kappa shape index (κ1) is 17.8. The summed E-state index contributed by atoms with van der Waals surface area (Å²) in [6, 6.07) is 4.43. The van der Waals surface area contributed by atoms with Gasteiger partial charge in [-0.3, -0.25) is 4.79 Å². The normalized spacial score (nSPS) is 15.5. The highest BCUT2D eigenvalue weighted by molar-refractivity contribution is 6.00. The van der Waals surface area contributed by atoms with E-state index in [0.717, 1.165) is 53.6 Å². The Morgan fingerprint density at radius 3 is 2.39 bits per heavy atom. The number of rotatable bonds is 2. The number of hydrogen-bond donors (Lipinski definition) is 1. The number of fused-ring (bicyclic) bond motifs is 1. The summed E-state index contributed by atoms with van der Waals surface area (Å²) in [6.07, 6.45) is 2.00. The molecule has 3 rings (SSSR count). The van der Waals surface area contributed by atoms with Gasteiger partial charge in [-0.05, 0) is 57.8 Å². The molecule has 0 radical (unpaired) electrons. The molecule has 0 spiro atoms. The summed E-state index contributed by atoms with van der Waals surface area (Å²) < 4.78 is 5.98. The molecule has 2 heterocycles. The predicted molar refractivity (Wildman–Crippen MR) is 95.7 cm³/mol. The van der Waals surface area contributed by atoms with Crippen molar-refractivity contribution in [1.29, 1.82) is 0 Å². The Balaban J connectivity index is 0.00000192. The fourth-order valence-electron chi connectivity index (χ4n) is 3.40. The number of nitrogens with one attached hydrogen (secondary N) is 1. The van der Waals surface area contributed by atoms with Gasteiger partial charge in [0.15, 0.2) is 5.76 Å². The van der Waals surface area contributed by atoms with Crippen LogP contribution in [-0.2, 0) is 0 Å². The lowest BCUT2D eigenvalue weighted by Gasteiger charge is -2.31. The SMILES string of the molecule is Cc1ccc(C)c2c(C)c(C(=O)N(C)C3CCNCC3)oc12.Cl. The van der Waals surface area contributed by atoms with Crippen LogP contribution in [0.3, 0.4) is 0 Å². The van der Waals surface area contributed by atoms with Crippen molar-refractivity contribution in [3.05, 3.63) is 34.6 Å². The predicted octanol–water partition coefficient (Wildman–Crippen LogP) is 3.60. The molecule has 5 heteroatoms. The van der Waals surface area contributed by atoms with Gasteiger partial charge in [0, 0.05) is 24.0 Å². The van der Waals surface area contributed by atoms with Gasteiger partial charge in [-0.25, -0.2) is 0 Å². The van der Waals surface area contributed by atoms with Crippen LogP contribution < -0.4 is 5.32 Å². The Labute approximate surface area is 143 Å². The molecule has 1 aliphatic rings. The molecule has 0 atom stereocenters. The van der Waals surface area contributed by atoms with Crippen molar-refractivity contribution in [2.45, 2.75) is 39.7 Å². The van der Waals surface area contributed by atoms with Gasteiger partial charge in [0.05, 0.1) is 0 Å². The van der Waals surface area contributed by atoms with E-state index in [9.17, 15) is 4.79 Å². The summed E-state index contributed by atoms with van der Waals surface area (Å²) >= 11 is 0. The number of amides is 1. The van der Waals surface area contributed by atoms with Crippen LogP contribution in [0.25, 0.3) is 11.0 Å². The van der Waals surface area contributed by atoms with E-state index in [-0.39, 0.29) is 18.3 Å². The Morgan fingerprint density at radius 2 is 1.78 bits per heavy atom. The molecule has 0 aliphatic carbocycles. The van der Waals surface area contributed by atoms with Gasteiger partial charge < -0.3 is 14.6 Å². The maximum absolute atomic E-state index is 12.9. The van der Waals surface area contributed by atoms with Crippen LogP contribution in [0, 0.1) is 20.8 Å². The minimum absolute atomic E-state index is 0. The molecule has 126 valence electrons. The molecule has 1 aromatic carbocycles. The first-order valence-corrected chi connectivity index (χ1v) is 7.98. The van der Waals surface area contributed by atoms with Gasteiger partial charge in [-0.1, -0.05) is 12.1 Å². The van der Waals surface area contributed by atoms with Crippen LogP contribution >= 0.6 is 12.4 Å². The number of carbonyl (C=O) groups excluding carboxylic acids is 1. The van der Waals surface area contributed by atoms with Gasteiger partial charge in [0.2, 0.25) is 0 Å². The topological polar surface area (TPSA) is 45.5 Å². The standard InChI is InChI=1S/C18H24N2O2.ClH/c1-11-5-6-12(2)16-15(11)13(3)17(22-16)18(21)20(4)14-7-9-19-10-8-14;/h5-6,14,19H,7-10H2,1-4H3;1H. The number of piperidine rings is 1. The Kier molecular flexibility index (Phi) is 5.37. The van der Waals surface area contributed by atoms with E-state index < -0.39 is 0 Å². The highest BCUT2D eigenvalue weighted by atomic mass is 35.5. The number of nitrogens with zero attached hydrogens (tertiary/aromatic N) is 1.